The maximum Gasteiger partial charge on any atom is 0.216 e. The Bertz CT molecular complexity index is 1690. The maximum atomic E-state index is 12.9. The van der Waals surface area contributed by atoms with Crippen LogP contribution in [0.4, 0.5) is 0 Å². The van der Waals surface area contributed by atoms with Crippen molar-refractivity contribution in [2.75, 3.05) is 13.1 Å². The Morgan fingerprint density at radius 2 is 1.69 bits per heavy atom. The zero-order valence-electron chi connectivity index (χ0n) is 21.7. The number of aromatic nitrogens is 2. The third-order valence-corrected chi connectivity index (χ3v) is 11.6. The van der Waals surface area contributed by atoms with E-state index >= 15 is 0 Å². The summed E-state index contributed by atoms with van der Waals surface area (Å²) in [6.07, 6.45) is 2.38. The van der Waals surface area contributed by atoms with Crippen molar-refractivity contribution >= 4 is 44.3 Å². The molecule has 0 radical (unpaired) electrons. The highest BCUT2D eigenvalue weighted by Gasteiger charge is 2.70. The van der Waals surface area contributed by atoms with E-state index in [2.05, 4.69) is 35.3 Å². The maximum absolute atomic E-state index is 12.9. The van der Waals surface area contributed by atoms with Gasteiger partial charge in [-0.05, 0) is 79.5 Å². The zero-order valence-corrected chi connectivity index (χ0v) is 24.0. The zero-order chi connectivity index (χ0) is 27.6. The Hall–Kier alpha value is -2.89. The van der Waals surface area contributed by atoms with Gasteiger partial charge in [-0.25, -0.2) is 17.7 Å². The molecule has 1 aromatic heterocycles. The van der Waals surface area contributed by atoms with Gasteiger partial charge in [0.2, 0.25) is 10.0 Å². The molecule has 1 spiro atoms. The minimum absolute atomic E-state index is 0.111. The number of halogens is 2. The van der Waals surface area contributed by atoms with Crippen LogP contribution in [-0.2, 0) is 15.4 Å². The Labute approximate surface area is 238 Å². The number of aromatic amines is 1. The van der Waals surface area contributed by atoms with E-state index in [4.69, 9.17) is 28.2 Å². The molecule has 39 heavy (non-hydrogen) atoms. The first-order valence-electron chi connectivity index (χ1n) is 13.0. The number of nitrogens with one attached hydrogen (secondary N) is 1. The van der Waals surface area contributed by atoms with Crippen LogP contribution in [0.15, 0.2) is 60.7 Å². The van der Waals surface area contributed by atoms with E-state index in [1.165, 1.54) is 0 Å². The second-order valence-electron chi connectivity index (χ2n) is 11.0. The molecule has 0 bridgehead atoms. The molecular weight excluding hydrogens is 551 g/mol. The summed E-state index contributed by atoms with van der Waals surface area (Å²) in [4.78, 5) is 8.54. The quantitative estimate of drug-likeness (QED) is 0.278. The van der Waals surface area contributed by atoms with Crippen molar-refractivity contribution in [3.05, 3.63) is 87.7 Å². The SMILES string of the molecule is CC(C)S(=O)(=O)N1CCC2(CC1)CC2(c1ccc(-c2cccc(C#N)c2)cc1)c1nc2cc(Cl)c(Cl)cc2[nH]1. The topological polar surface area (TPSA) is 89.8 Å². The molecule has 1 aliphatic heterocycles. The lowest BCUT2D eigenvalue weighted by Gasteiger charge is -2.35. The summed E-state index contributed by atoms with van der Waals surface area (Å²) < 4.78 is 27.4. The predicted molar refractivity (Wildman–Crippen MR) is 155 cm³/mol. The number of rotatable bonds is 5. The standard InChI is InChI=1S/C30H28Cl2N4O2S/c1-19(2)39(37,38)36-12-10-29(11-13-36)18-30(29,28-34-26-15-24(31)25(32)16-27(26)35-28)23-8-6-21(7-9-23)22-5-3-4-20(14-22)17-33/h3-9,14-16,19H,10-13,18H2,1-2H3,(H,34,35). The van der Waals surface area contributed by atoms with Crippen LogP contribution in [0.5, 0.6) is 0 Å². The van der Waals surface area contributed by atoms with Crippen LogP contribution in [0, 0.1) is 16.7 Å². The van der Waals surface area contributed by atoms with Crippen LogP contribution in [0.2, 0.25) is 10.0 Å². The number of piperidine rings is 1. The van der Waals surface area contributed by atoms with E-state index in [1.807, 2.05) is 24.3 Å². The lowest BCUT2D eigenvalue weighted by molar-refractivity contribution is 0.235. The second kappa shape index (κ2) is 9.35. The number of imidazole rings is 1. The van der Waals surface area contributed by atoms with E-state index in [0.29, 0.717) is 28.7 Å². The molecule has 9 heteroatoms. The van der Waals surface area contributed by atoms with Gasteiger partial charge in [-0.3, -0.25) is 0 Å². The van der Waals surface area contributed by atoms with Crippen molar-refractivity contribution in [2.24, 2.45) is 5.41 Å². The van der Waals surface area contributed by atoms with E-state index in [1.54, 1.807) is 30.3 Å². The van der Waals surface area contributed by atoms with E-state index in [9.17, 15) is 13.7 Å². The van der Waals surface area contributed by atoms with Gasteiger partial charge in [0.25, 0.3) is 0 Å². The van der Waals surface area contributed by atoms with Gasteiger partial charge in [0.15, 0.2) is 0 Å². The van der Waals surface area contributed by atoms with Crippen molar-refractivity contribution < 1.29 is 8.42 Å². The van der Waals surface area contributed by atoms with Crippen LogP contribution < -0.4 is 0 Å². The molecule has 4 aromatic rings. The summed E-state index contributed by atoms with van der Waals surface area (Å²) in [5.74, 6) is 0.857. The Morgan fingerprint density at radius 3 is 2.36 bits per heavy atom. The Balaban J connectivity index is 1.41. The van der Waals surface area contributed by atoms with Gasteiger partial charge >= 0.3 is 0 Å². The molecule has 6 nitrogen and oxygen atoms in total. The number of benzene rings is 3. The summed E-state index contributed by atoms with van der Waals surface area (Å²) in [5.41, 5.74) is 4.86. The number of nitriles is 1. The molecule has 1 saturated heterocycles. The highest BCUT2D eigenvalue weighted by molar-refractivity contribution is 7.89. The molecule has 0 amide bonds. The summed E-state index contributed by atoms with van der Waals surface area (Å²) in [5, 5.41) is 9.80. The van der Waals surface area contributed by atoms with Gasteiger partial charge in [-0.1, -0.05) is 59.6 Å². The van der Waals surface area contributed by atoms with Gasteiger partial charge in [-0.15, -0.1) is 0 Å². The first kappa shape index (κ1) is 26.3. The average molecular weight is 580 g/mol. The molecule has 2 heterocycles. The number of nitrogens with zero attached hydrogens (tertiary/aromatic N) is 3. The second-order valence-corrected chi connectivity index (χ2v) is 14.3. The Kier molecular flexibility index (Phi) is 6.31. The van der Waals surface area contributed by atoms with Crippen molar-refractivity contribution in [3.8, 4) is 17.2 Å². The van der Waals surface area contributed by atoms with Crippen LogP contribution in [-0.4, -0.2) is 41.0 Å². The molecule has 1 aliphatic carbocycles. The average Bonchev–Trinajstić information content (AvgIpc) is 3.39. The van der Waals surface area contributed by atoms with Crippen LogP contribution in [0.1, 0.15) is 50.1 Å². The lowest BCUT2D eigenvalue weighted by atomic mass is 9.79. The normalized spacial score (nSPS) is 20.9. The molecule has 1 saturated carbocycles. The highest BCUT2D eigenvalue weighted by atomic mass is 35.5. The smallest absolute Gasteiger partial charge is 0.216 e. The van der Waals surface area contributed by atoms with Crippen LogP contribution in [0.25, 0.3) is 22.2 Å². The molecule has 1 N–H and O–H groups in total. The summed E-state index contributed by atoms with van der Waals surface area (Å²) in [6, 6.07) is 21.9. The number of H-pyrrole nitrogens is 1. The predicted octanol–water partition coefficient (Wildman–Crippen LogP) is 6.92. The number of sulfonamides is 1. The summed E-state index contributed by atoms with van der Waals surface area (Å²) in [7, 11) is -3.30. The first-order valence-corrected chi connectivity index (χ1v) is 15.3. The molecule has 2 aliphatic rings. The third-order valence-electron chi connectivity index (χ3n) is 8.65. The molecule has 1 atom stereocenters. The minimum Gasteiger partial charge on any atom is -0.341 e. The minimum atomic E-state index is -3.30. The Morgan fingerprint density at radius 1 is 1.00 bits per heavy atom. The fraction of sp³-hybridized carbons (Fsp3) is 0.333. The van der Waals surface area contributed by atoms with E-state index < -0.39 is 15.3 Å². The van der Waals surface area contributed by atoms with Crippen molar-refractivity contribution in [3.63, 3.8) is 0 Å². The van der Waals surface area contributed by atoms with Gasteiger partial charge in [-0.2, -0.15) is 5.26 Å². The molecular formula is C30H28Cl2N4O2S. The van der Waals surface area contributed by atoms with Gasteiger partial charge in [0, 0.05) is 13.1 Å². The van der Waals surface area contributed by atoms with Gasteiger partial charge in [0.05, 0.1) is 43.4 Å². The van der Waals surface area contributed by atoms with Gasteiger partial charge < -0.3 is 4.98 Å². The number of hydrogen-bond acceptors (Lipinski definition) is 4. The number of hydrogen-bond donors (Lipinski definition) is 1. The number of fused-ring (bicyclic) bond motifs is 1. The lowest BCUT2D eigenvalue weighted by Crippen LogP contribution is -2.44. The summed E-state index contributed by atoms with van der Waals surface area (Å²) >= 11 is 12.6. The van der Waals surface area contributed by atoms with E-state index in [-0.39, 0.29) is 10.8 Å². The van der Waals surface area contributed by atoms with Crippen molar-refractivity contribution in [2.45, 2.75) is 43.8 Å². The van der Waals surface area contributed by atoms with Crippen LogP contribution >= 0.6 is 23.2 Å². The summed E-state index contributed by atoms with van der Waals surface area (Å²) in [6.45, 7) is 4.47. The fourth-order valence-corrected chi connectivity index (χ4v) is 7.95. The third kappa shape index (κ3) is 4.17. The van der Waals surface area contributed by atoms with Crippen molar-refractivity contribution in [1.82, 2.24) is 14.3 Å². The van der Waals surface area contributed by atoms with Crippen molar-refractivity contribution in [1.29, 1.82) is 5.26 Å². The monoisotopic (exact) mass is 578 g/mol. The van der Waals surface area contributed by atoms with Gasteiger partial charge in [0.1, 0.15) is 5.82 Å². The fourth-order valence-electron chi connectivity index (χ4n) is 6.34. The molecule has 3 aromatic carbocycles. The molecule has 200 valence electrons. The first-order chi connectivity index (χ1) is 18.6. The molecule has 2 fully saturated rings. The van der Waals surface area contributed by atoms with E-state index in [0.717, 1.165) is 52.8 Å². The molecule has 6 rings (SSSR count). The van der Waals surface area contributed by atoms with Crippen LogP contribution in [0.3, 0.4) is 0 Å². The highest BCUT2D eigenvalue weighted by Crippen LogP contribution is 2.72. The largest absolute Gasteiger partial charge is 0.341 e. The molecule has 1 unspecified atom stereocenters.